The number of carbonyl (C=O) groups excluding carboxylic acids is 1. The molecule has 0 saturated heterocycles. The lowest BCUT2D eigenvalue weighted by Crippen LogP contribution is -2.35. The van der Waals surface area contributed by atoms with Crippen molar-refractivity contribution in [3.8, 4) is 5.75 Å². The van der Waals surface area contributed by atoms with Gasteiger partial charge in [-0.05, 0) is 44.5 Å². The molecule has 1 atom stereocenters. The molecule has 1 unspecified atom stereocenters. The third-order valence-electron chi connectivity index (χ3n) is 2.99. The topological polar surface area (TPSA) is 55.6 Å². The molecule has 1 amide bonds. The average molecular weight is 343 g/mol. The fourth-order valence-electron chi connectivity index (χ4n) is 1.77. The Labute approximate surface area is 129 Å². The van der Waals surface area contributed by atoms with Gasteiger partial charge in [-0.15, -0.1) is 0 Å². The quantitative estimate of drug-likeness (QED) is 0.790. The van der Waals surface area contributed by atoms with Gasteiger partial charge in [0.25, 0.3) is 0 Å². The second kappa shape index (κ2) is 8.97. The smallest absolute Gasteiger partial charge is 0.222 e. The minimum Gasteiger partial charge on any atom is -0.492 e. The van der Waals surface area contributed by atoms with E-state index in [0.717, 1.165) is 16.6 Å². The van der Waals surface area contributed by atoms with E-state index in [0.29, 0.717) is 26.1 Å². The number of hydrogen-bond donors (Lipinski definition) is 1. The number of nitrogens with zero attached hydrogens (tertiary/aromatic N) is 1. The van der Waals surface area contributed by atoms with Crippen LogP contribution < -0.4 is 10.5 Å². The maximum atomic E-state index is 12.0. The Kier molecular flexibility index (Phi) is 7.62. The summed E-state index contributed by atoms with van der Waals surface area (Å²) >= 11 is 3.38. The van der Waals surface area contributed by atoms with Crippen LogP contribution in [0.5, 0.6) is 5.75 Å². The van der Waals surface area contributed by atoms with Crippen molar-refractivity contribution in [3.63, 3.8) is 0 Å². The molecule has 1 aromatic rings. The molecule has 0 fully saturated rings. The Balaban J connectivity index is 2.33. The van der Waals surface area contributed by atoms with Crippen LogP contribution in [-0.2, 0) is 4.79 Å². The third-order valence-corrected chi connectivity index (χ3v) is 3.52. The molecule has 0 aromatic heterocycles. The number of benzene rings is 1. The van der Waals surface area contributed by atoms with Gasteiger partial charge in [-0.1, -0.05) is 15.9 Å². The zero-order valence-corrected chi connectivity index (χ0v) is 13.7. The molecule has 2 N–H and O–H groups in total. The number of halogens is 1. The van der Waals surface area contributed by atoms with E-state index in [1.54, 1.807) is 4.90 Å². The molecule has 0 spiro atoms. The van der Waals surface area contributed by atoms with Crippen LogP contribution in [-0.4, -0.2) is 36.5 Å². The lowest BCUT2D eigenvalue weighted by molar-refractivity contribution is -0.131. The largest absolute Gasteiger partial charge is 0.492 e. The molecule has 20 heavy (non-hydrogen) atoms. The van der Waals surface area contributed by atoms with Crippen molar-refractivity contribution in [1.82, 2.24) is 4.90 Å². The standard InChI is InChI=1S/C15H23BrN2O2/c1-3-18(15(19)9-4-12(2)17)10-11-20-14-7-5-13(16)6-8-14/h5-8,12H,3-4,9-11,17H2,1-2H3. The number of likely N-dealkylation sites (N-methyl/N-ethyl adjacent to an activating group) is 1. The van der Waals surface area contributed by atoms with Crippen LogP contribution in [0, 0.1) is 0 Å². The van der Waals surface area contributed by atoms with E-state index < -0.39 is 0 Å². The average Bonchev–Trinajstić information content (AvgIpc) is 2.43. The Morgan fingerprint density at radius 3 is 2.60 bits per heavy atom. The summed E-state index contributed by atoms with van der Waals surface area (Å²) in [7, 11) is 0. The second-order valence-electron chi connectivity index (χ2n) is 4.79. The van der Waals surface area contributed by atoms with Crippen molar-refractivity contribution in [1.29, 1.82) is 0 Å². The monoisotopic (exact) mass is 342 g/mol. The highest BCUT2D eigenvalue weighted by Gasteiger charge is 2.12. The van der Waals surface area contributed by atoms with Gasteiger partial charge in [-0.3, -0.25) is 4.79 Å². The SMILES string of the molecule is CCN(CCOc1ccc(Br)cc1)C(=O)CCC(C)N. The minimum atomic E-state index is 0.0664. The number of ether oxygens (including phenoxy) is 1. The number of hydrogen-bond acceptors (Lipinski definition) is 3. The molecule has 0 radical (unpaired) electrons. The van der Waals surface area contributed by atoms with Crippen molar-refractivity contribution in [2.24, 2.45) is 5.73 Å². The summed E-state index contributed by atoms with van der Waals surface area (Å²) in [6.45, 7) is 5.69. The summed E-state index contributed by atoms with van der Waals surface area (Å²) in [5.74, 6) is 0.955. The van der Waals surface area contributed by atoms with Crippen molar-refractivity contribution in [2.45, 2.75) is 32.7 Å². The molecule has 0 aliphatic carbocycles. The first-order valence-corrected chi connectivity index (χ1v) is 7.74. The van der Waals surface area contributed by atoms with E-state index in [1.165, 1.54) is 0 Å². The van der Waals surface area contributed by atoms with Gasteiger partial charge in [0, 0.05) is 23.5 Å². The summed E-state index contributed by atoms with van der Waals surface area (Å²) < 4.78 is 6.65. The van der Waals surface area contributed by atoms with Crippen molar-refractivity contribution in [3.05, 3.63) is 28.7 Å². The molecule has 0 aliphatic heterocycles. The first-order valence-electron chi connectivity index (χ1n) is 6.94. The van der Waals surface area contributed by atoms with E-state index >= 15 is 0 Å². The molecule has 0 saturated carbocycles. The zero-order valence-electron chi connectivity index (χ0n) is 12.1. The lowest BCUT2D eigenvalue weighted by atomic mass is 10.2. The Hall–Kier alpha value is -1.07. The summed E-state index contributed by atoms with van der Waals surface area (Å²) in [5, 5.41) is 0. The molecule has 112 valence electrons. The molecule has 0 bridgehead atoms. The van der Waals surface area contributed by atoms with Crippen LogP contribution in [0.2, 0.25) is 0 Å². The molecular formula is C15H23BrN2O2. The number of amides is 1. The highest BCUT2D eigenvalue weighted by atomic mass is 79.9. The number of rotatable bonds is 8. The van der Waals surface area contributed by atoms with E-state index in [2.05, 4.69) is 15.9 Å². The Morgan fingerprint density at radius 2 is 2.05 bits per heavy atom. The molecule has 1 aromatic carbocycles. The summed E-state index contributed by atoms with van der Waals surface area (Å²) in [5.41, 5.74) is 5.67. The molecular weight excluding hydrogens is 320 g/mol. The number of carbonyl (C=O) groups is 1. The highest BCUT2D eigenvalue weighted by molar-refractivity contribution is 9.10. The van der Waals surface area contributed by atoms with E-state index in [9.17, 15) is 4.79 Å². The third kappa shape index (κ3) is 6.39. The van der Waals surface area contributed by atoms with Crippen LogP contribution in [0.25, 0.3) is 0 Å². The van der Waals surface area contributed by atoms with Gasteiger partial charge < -0.3 is 15.4 Å². The van der Waals surface area contributed by atoms with Crippen LogP contribution in [0.15, 0.2) is 28.7 Å². The fourth-order valence-corrected chi connectivity index (χ4v) is 2.04. The highest BCUT2D eigenvalue weighted by Crippen LogP contribution is 2.16. The maximum Gasteiger partial charge on any atom is 0.222 e. The number of nitrogens with two attached hydrogens (primary N) is 1. The van der Waals surface area contributed by atoms with Gasteiger partial charge in [0.1, 0.15) is 12.4 Å². The fraction of sp³-hybridized carbons (Fsp3) is 0.533. The molecule has 0 heterocycles. The summed E-state index contributed by atoms with van der Waals surface area (Å²) in [6, 6.07) is 7.73. The van der Waals surface area contributed by atoms with Crippen molar-refractivity contribution < 1.29 is 9.53 Å². The lowest BCUT2D eigenvalue weighted by Gasteiger charge is -2.21. The van der Waals surface area contributed by atoms with Crippen LogP contribution >= 0.6 is 15.9 Å². The van der Waals surface area contributed by atoms with Gasteiger partial charge in [-0.2, -0.15) is 0 Å². The molecule has 5 heteroatoms. The Bertz CT molecular complexity index is 407. The zero-order chi connectivity index (χ0) is 15.0. The minimum absolute atomic E-state index is 0.0664. The van der Waals surface area contributed by atoms with Gasteiger partial charge >= 0.3 is 0 Å². The predicted octanol–water partition coefficient (Wildman–Crippen LogP) is 2.80. The maximum absolute atomic E-state index is 12.0. The molecule has 4 nitrogen and oxygen atoms in total. The van der Waals surface area contributed by atoms with Gasteiger partial charge in [0.15, 0.2) is 0 Å². The van der Waals surface area contributed by atoms with Crippen molar-refractivity contribution >= 4 is 21.8 Å². The van der Waals surface area contributed by atoms with E-state index in [-0.39, 0.29) is 11.9 Å². The molecule has 1 rings (SSSR count). The van der Waals surface area contributed by atoms with Gasteiger partial charge in [0.05, 0.1) is 6.54 Å². The van der Waals surface area contributed by atoms with Gasteiger partial charge in [-0.25, -0.2) is 0 Å². The predicted molar refractivity (Wildman–Crippen MR) is 84.8 cm³/mol. The van der Waals surface area contributed by atoms with Crippen LogP contribution in [0.1, 0.15) is 26.7 Å². The second-order valence-corrected chi connectivity index (χ2v) is 5.71. The van der Waals surface area contributed by atoms with Crippen LogP contribution in [0.3, 0.4) is 0 Å². The van der Waals surface area contributed by atoms with Gasteiger partial charge in [0.2, 0.25) is 5.91 Å². The normalized spacial score (nSPS) is 12.0. The first kappa shape index (κ1) is 17.0. The molecule has 0 aliphatic rings. The summed E-state index contributed by atoms with van der Waals surface area (Å²) in [4.78, 5) is 13.8. The first-order chi connectivity index (χ1) is 9.52. The van der Waals surface area contributed by atoms with E-state index in [1.807, 2.05) is 38.1 Å². The van der Waals surface area contributed by atoms with Crippen molar-refractivity contribution in [2.75, 3.05) is 19.7 Å². The Morgan fingerprint density at radius 1 is 1.40 bits per heavy atom. The van der Waals surface area contributed by atoms with E-state index in [4.69, 9.17) is 10.5 Å². The summed E-state index contributed by atoms with van der Waals surface area (Å²) in [6.07, 6.45) is 1.23. The van der Waals surface area contributed by atoms with Crippen LogP contribution in [0.4, 0.5) is 0 Å².